The monoisotopic (exact) mass is 320 g/mol. The molecule has 0 unspecified atom stereocenters. The molecule has 1 fully saturated rings. The van der Waals surface area contributed by atoms with Crippen molar-refractivity contribution in [3.63, 3.8) is 0 Å². The number of benzene rings is 1. The van der Waals surface area contributed by atoms with Crippen LogP contribution in [0.2, 0.25) is 0 Å². The summed E-state index contributed by atoms with van der Waals surface area (Å²) in [6.07, 6.45) is 1.88. The number of carbonyl (C=O) groups is 2. The standard InChI is InChI=1S/C17H24N2O4/c1-19(17(21)13-7-8-13)15-6-4-3-5-14(15)16(20)18-9-10-23-12-11-22-2/h3-6,13H,7-12H2,1-2H3,(H,18,20). The number of anilines is 1. The lowest BCUT2D eigenvalue weighted by Gasteiger charge is -2.20. The summed E-state index contributed by atoms with van der Waals surface area (Å²) in [5.41, 5.74) is 1.14. The van der Waals surface area contributed by atoms with Crippen LogP contribution in [0.3, 0.4) is 0 Å². The molecule has 2 rings (SSSR count). The Morgan fingerprint density at radius 1 is 1.22 bits per heavy atom. The van der Waals surface area contributed by atoms with Gasteiger partial charge >= 0.3 is 0 Å². The van der Waals surface area contributed by atoms with E-state index in [1.807, 2.05) is 6.07 Å². The van der Waals surface area contributed by atoms with Gasteiger partial charge < -0.3 is 19.7 Å². The topological polar surface area (TPSA) is 67.9 Å². The highest BCUT2D eigenvalue weighted by atomic mass is 16.5. The summed E-state index contributed by atoms with van der Waals surface area (Å²) in [7, 11) is 3.34. The van der Waals surface area contributed by atoms with Crippen LogP contribution in [0.25, 0.3) is 0 Å². The fraction of sp³-hybridized carbons (Fsp3) is 0.529. The smallest absolute Gasteiger partial charge is 0.253 e. The molecular formula is C17H24N2O4. The number of hydrogen-bond donors (Lipinski definition) is 1. The first-order valence-corrected chi connectivity index (χ1v) is 7.86. The van der Waals surface area contributed by atoms with E-state index in [2.05, 4.69) is 5.32 Å². The number of carbonyl (C=O) groups excluding carboxylic acids is 2. The molecule has 126 valence electrons. The second-order valence-electron chi connectivity index (χ2n) is 5.55. The molecule has 6 nitrogen and oxygen atoms in total. The molecule has 0 aliphatic heterocycles. The molecule has 0 atom stereocenters. The lowest BCUT2D eigenvalue weighted by Crippen LogP contribution is -2.32. The van der Waals surface area contributed by atoms with Gasteiger partial charge in [-0.25, -0.2) is 0 Å². The molecule has 0 saturated heterocycles. The molecule has 0 heterocycles. The summed E-state index contributed by atoms with van der Waals surface area (Å²) in [6, 6.07) is 7.15. The fourth-order valence-corrected chi connectivity index (χ4v) is 2.26. The Kier molecular flexibility index (Phi) is 6.55. The van der Waals surface area contributed by atoms with Crippen LogP contribution in [-0.4, -0.2) is 52.3 Å². The summed E-state index contributed by atoms with van der Waals surface area (Å²) < 4.78 is 10.2. The van der Waals surface area contributed by atoms with E-state index in [0.717, 1.165) is 12.8 Å². The minimum absolute atomic E-state index is 0.0770. The summed E-state index contributed by atoms with van der Waals surface area (Å²) in [4.78, 5) is 26.1. The molecule has 1 aromatic rings. The molecule has 0 radical (unpaired) electrons. The Bertz CT molecular complexity index is 543. The molecule has 0 aromatic heterocycles. The Morgan fingerprint density at radius 2 is 1.96 bits per heavy atom. The van der Waals surface area contributed by atoms with Gasteiger partial charge in [-0.1, -0.05) is 12.1 Å². The molecule has 1 aliphatic rings. The zero-order valence-electron chi connectivity index (χ0n) is 13.7. The highest BCUT2D eigenvalue weighted by Gasteiger charge is 2.33. The van der Waals surface area contributed by atoms with Gasteiger partial charge in [0.15, 0.2) is 0 Å². The van der Waals surface area contributed by atoms with Gasteiger partial charge in [-0.2, -0.15) is 0 Å². The highest BCUT2D eigenvalue weighted by molar-refractivity contribution is 6.05. The molecule has 1 N–H and O–H groups in total. The van der Waals surface area contributed by atoms with E-state index in [0.29, 0.717) is 37.6 Å². The van der Waals surface area contributed by atoms with Crippen LogP contribution >= 0.6 is 0 Å². The fourth-order valence-electron chi connectivity index (χ4n) is 2.26. The maximum Gasteiger partial charge on any atom is 0.253 e. The van der Waals surface area contributed by atoms with Crippen molar-refractivity contribution in [1.82, 2.24) is 5.32 Å². The zero-order valence-corrected chi connectivity index (χ0v) is 13.7. The molecule has 1 aliphatic carbocycles. The van der Waals surface area contributed by atoms with Crippen LogP contribution in [0.5, 0.6) is 0 Å². The maximum absolute atomic E-state index is 12.3. The van der Waals surface area contributed by atoms with Crippen molar-refractivity contribution in [2.75, 3.05) is 45.4 Å². The normalized spacial score (nSPS) is 13.7. The third kappa shape index (κ3) is 5.04. The second-order valence-corrected chi connectivity index (χ2v) is 5.55. The minimum atomic E-state index is -0.202. The third-order valence-corrected chi connectivity index (χ3v) is 3.73. The Morgan fingerprint density at radius 3 is 2.65 bits per heavy atom. The van der Waals surface area contributed by atoms with Gasteiger partial charge in [0.25, 0.3) is 5.91 Å². The molecule has 1 aromatic carbocycles. The van der Waals surface area contributed by atoms with Gasteiger partial charge in [0.1, 0.15) is 0 Å². The van der Waals surface area contributed by atoms with Crippen LogP contribution in [0.4, 0.5) is 5.69 Å². The summed E-state index contributed by atoms with van der Waals surface area (Å²) in [6.45, 7) is 1.87. The zero-order chi connectivity index (χ0) is 16.7. The van der Waals surface area contributed by atoms with Crippen molar-refractivity contribution < 1.29 is 19.1 Å². The van der Waals surface area contributed by atoms with Crippen molar-refractivity contribution in [1.29, 1.82) is 0 Å². The van der Waals surface area contributed by atoms with Crippen LogP contribution < -0.4 is 10.2 Å². The SMILES string of the molecule is COCCOCCNC(=O)c1ccccc1N(C)C(=O)C1CC1. The number of amides is 2. The molecular weight excluding hydrogens is 296 g/mol. The highest BCUT2D eigenvalue weighted by Crippen LogP contribution is 2.33. The first-order chi connectivity index (χ1) is 11.1. The average Bonchev–Trinajstić information content (AvgIpc) is 3.41. The summed E-state index contributed by atoms with van der Waals surface area (Å²) >= 11 is 0. The van der Waals surface area contributed by atoms with Gasteiger partial charge in [-0.05, 0) is 25.0 Å². The van der Waals surface area contributed by atoms with Crippen LogP contribution in [-0.2, 0) is 14.3 Å². The Balaban J connectivity index is 1.90. The molecule has 23 heavy (non-hydrogen) atoms. The van der Waals surface area contributed by atoms with Crippen molar-refractivity contribution in [3.8, 4) is 0 Å². The first kappa shape index (κ1) is 17.4. The van der Waals surface area contributed by atoms with Crippen molar-refractivity contribution in [3.05, 3.63) is 29.8 Å². The van der Waals surface area contributed by atoms with Crippen molar-refractivity contribution >= 4 is 17.5 Å². The van der Waals surface area contributed by atoms with Gasteiger partial charge in [-0.15, -0.1) is 0 Å². The third-order valence-electron chi connectivity index (χ3n) is 3.73. The molecule has 0 bridgehead atoms. The van der Waals surface area contributed by atoms with Crippen LogP contribution in [0.15, 0.2) is 24.3 Å². The number of nitrogens with zero attached hydrogens (tertiary/aromatic N) is 1. The van der Waals surface area contributed by atoms with E-state index in [1.165, 1.54) is 0 Å². The molecule has 0 spiro atoms. The van der Waals surface area contributed by atoms with E-state index in [4.69, 9.17) is 9.47 Å². The van der Waals surface area contributed by atoms with E-state index >= 15 is 0 Å². The van der Waals surface area contributed by atoms with Crippen LogP contribution in [0.1, 0.15) is 23.2 Å². The number of methoxy groups -OCH3 is 1. The molecule has 2 amide bonds. The largest absolute Gasteiger partial charge is 0.382 e. The first-order valence-electron chi connectivity index (χ1n) is 7.86. The van der Waals surface area contributed by atoms with E-state index in [9.17, 15) is 9.59 Å². The lowest BCUT2D eigenvalue weighted by molar-refractivity contribution is -0.119. The van der Waals surface area contributed by atoms with Gasteiger partial charge in [0, 0.05) is 26.6 Å². The summed E-state index contributed by atoms with van der Waals surface area (Å²) in [5, 5.41) is 2.81. The molecule has 1 saturated carbocycles. The predicted octanol–water partition coefficient (Wildman–Crippen LogP) is 1.45. The van der Waals surface area contributed by atoms with Gasteiger partial charge in [0.05, 0.1) is 31.1 Å². The Hall–Kier alpha value is -1.92. The predicted molar refractivity (Wildman–Crippen MR) is 87.6 cm³/mol. The quantitative estimate of drug-likeness (QED) is 0.699. The average molecular weight is 320 g/mol. The van der Waals surface area contributed by atoms with Gasteiger partial charge in [0.2, 0.25) is 5.91 Å². The number of rotatable bonds is 9. The minimum Gasteiger partial charge on any atom is -0.382 e. The van der Waals surface area contributed by atoms with E-state index < -0.39 is 0 Å². The number of nitrogens with one attached hydrogen (secondary N) is 1. The van der Waals surface area contributed by atoms with Crippen LogP contribution in [0, 0.1) is 5.92 Å². The number of ether oxygens (including phenoxy) is 2. The second kappa shape index (κ2) is 8.64. The maximum atomic E-state index is 12.3. The summed E-state index contributed by atoms with van der Waals surface area (Å²) in [5.74, 6) is -0.00941. The number of hydrogen-bond acceptors (Lipinski definition) is 4. The van der Waals surface area contributed by atoms with E-state index in [-0.39, 0.29) is 17.7 Å². The number of para-hydroxylation sites is 1. The lowest BCUT2D eigenvalue weighted by atomic mass is 10.1. The van der Waals surface area contributed by atoms with Crippen molar-refractivity contribution in [2.45, 2.75) is 12.8 Å². The van der Waals surface area contributed by atoms with Crippen molar-refractivity contribution in [2.24, 2.45) is 5.92 Å². The van der Waals surface area contributed by atoms with Gasteiger partial charge in [-0.3, -0.25) is 9.59 Å². The molecule has 6 heteroatoms. The Labute approximate surface area is 136 Å². The van der Waals surface area contributed by atoms with E-state index in [1.54, 1.807) is 37.3 Å².